The summed E-state index contributed by atoms with van der Waals surface area (Å²) >= 11 is 2.06. The highest BCUT2D eigenvalue weighted by Crippen LogP contribution is 2.28. The molecule has 0 amide bonds. The van der Waals surface area contributed by atoms with Gasteiger partial charge in [-0.2, -0.15) is 0 Å². The van der Waals surface area contributed by atoms with Crippen molar-refractivity contribution in [2.45, 2.75) is 24.6 Å². The zero-order chi connectivity index (χ0) is 9.80. The summed E-state index contributed by atoms with van der Waals surface area (Å²) in [7, 11) is 0. The Balaban J connectivity index is 2.03. The molecule has 1 nitrogen and oxygen atoms in total. The van der Waals surface area contributed by atoms with Crippen molar-refractivity contribution in [3.8, 4) is 0 Å². The molecule has 1 aromatic rings. The molecule has 1 aromatic carbocycles. The molecule has 0 bridgehead atoms. The lowest BCUT2D eigenvalue weighted by Gasteiger charge is -2.28. The normalized spacial score (nSPS) is 24.5. The average Bonchev–Trinajstić information content (AvgIpc) is 2.30. The van der Waals surface area contributed by atoms with E-state index in [1.54, 1.807) is 0 Å². The summed E-state index contributed by atoms with van der Waals surface area (Å²) in [4.78, 5) is 0. The van der Waals surface area contributed by atoms with Gasteiger partial charge in [-0.1, -0.05) is 37.3 Å². The Morgan fingerprint density at radius 3 is 2.79 bits per heavy atom. The van der Waals surface area contributed by atoms with Crippen molar-refractivity contribution < 1.29 is 0 Å². The first-order chi connectivity index (χ1) is 6.88. The van der Waals surface area contributed by atoms with E-state index in [0.717, 1.165) is 0 Å². The van der Waals surface area contributed by atoms with Crippen LogP contribution in [0.15, 0.2) is 30.3 Å². The van der Waals surface area contributed by atoms with E-state index in [2.05, 4.69) is 54.3 Å². The molecule has 1 saturated heterocycles. The van der Waals surface area contributed by atoms with Crippen molar-refractivity contribution in [1.29, 1.82) is 0 Å². The first-order valence-corrected chi connectivity index (χ1v) is 6.33. The van der Waals surface area contributed by atoms with E-state index in [1.165, 1.54) is 24.3 Å². The molecule has 1 aliphatic rings. The predicted octanol–water partition coefficient (Wildman–Crippen LogP) is 2.84. The van der Waals surface area contributed by atoms with Crippen LogP contribution >= 0.6 is 11.8 Å². The number of hydrogen-bond donors (Lipinski definition) is 1. The highest BCUT2D eigenvalue weighted by atomic mass is 32.2. The van der Waals surface area contributed by atoms with Crippen LogP contribution in [0.1, 0.15) is 24.8 Å². The summed E-state index contributed by atoms with van der Waals surface area (Å²) in [5.41, 5.74) is 1.44. The van der Waals surface area contributed by atoms with Crippen LogP contribution in [-0.2, 0) is 0 Å². The largest absolute Gasteiger partial charge is 0.305 e. The van der Waals surface area contributed by atoms with Gasteiger partial charge in [-0.15, -0.1) is 11.8 Å². The van der Waals surface area contributed by atoms with Gasteiger partial charge in [-0.3, -0.25) is 0 Å². The molecule has 1 N–H and O–H groups in total. The highest BCUT2D eigenvalue weighted by molar-refractivity contribution is 7.99. The molecule has 0 aromatic heterocycles. The van der Waals surface area contributed by atoms with E-state index in [9.17, 15) is 0 Å². The second kappa shape index (κ2) is 4.85. The summed E-state index contributed by atoms with van der Waals surface area (Å²) in [5.74, 6) is 1.91. The third-order valence-electron chi connectivity index (χ3n) is 2.74. The van der Waals surface area contributed by atoms with Crippen molar-refractivity contribution in [2.75, 3.05) is 12.3 Å². The van der Waals surface area contributed by atoms with Gasteiger partial charge in [0.05, 0.1) is 5.37 Å². The number of thioether (sulfide) groups is 1. The van der Waals surface area contributed by atoms with Crippen LogP contribution in [0, 0.1) is 0 Å². The summed E-state index contributed by atoms with van der Waals surface area (Å²) < 4.78 is 0. The van der Waals surface area contributed by atoms with Gasteiger partial charge in [0.15, 0.2) is 0 Å². The molecular weight excluding hydrogens is 190 g/mol. The molecule has 0 spiro atoms. The maximum absolute atomic E-state index is 3.58. The van der Waals surface area contributed by atoms with E-state index >= 15 is 0 Å². The van der Waals surface area contributed by atoms with Crippen LogP contribution in [0.5, 0.6) is 0 Å². The molecule has 2 rings (SSSR count). The summed E-state index contributed by atoms with van der Waals surface area (Å²) in [6, 6.07) is 10.8. The molecular formula is C12H17NS. The van der Waals surface area contributed by atoms with E-state index in [4.69, 9.17) is 0 Å². The fraction of sp³-hybridized carbons (Fsp3) is 0.500. The van der Waals surface area contributed by atoms with Crippen molar-refractivity contribution in [3.63, 3.8) is 0 Å². The fourth-order valence-corrected chi connectivity index (χ4v) is 3.08. The first kappa shape index (κ1) is 10.1. The Morgan fingerprint density at radius 1 is 1.36 bits per heavy atom. The maximum Gasteiger partial charge on any atom is 0.0598 e. The minimum Gasteiger partial charge on any atom is -0.305 e. The van der Waals surface area contributed by atoms with Gasteiger partial charge in [0, 0.05) is 5.92 Å². The smallest absolute Gasteiger partial charge is 0.0598 e. The number of rotatable bonds is 2. The SMILES string of the molecule is CC(c1ccccc1)C1NCCCS1. The minimum atomic E-state index is 0.603. The fourth-order valence-electron chi connectivity index (χ4n) is 1.84. The van der Waals surface area contributed by atoms with Gasteiger partial charge in [0.1, 0.15) is 0 Å². The molecule has 2 unspecified atom stereocenters. The zero-order valence-corrected chi connectivity index (χ0v) is 9.39. The Labute approximate surface area is 90.3 Å². The number of hydrogen-bond acceptors (Lipinski definition) is 2. The quantitative estimate of drug-likeness (QED) is 0.800. The monoisotopic (exact) mass is 207 g/mol. The van der Waals surface area contributed by atoms with Gasteiger partial charge >= 0.3 is 0 Å². The third kappa shape index (κ3) is 2.31. The van der Waals surface area contributed by atoms with Gasteiger partial charge in [-0.05, 0) is 24.3 Å². The molecule has 0 saturated carbocycles. The molecule has 2 heteroatoms. The van der Waals surface area contributed by atoms with E-state index in [1.807, 2.05) is 0 Å². The predicted molar refractivity (Wildman–Crippen MR) is 63.7 cm³/mol. The van der Waals surface area contributed by atoms with Crippen molar-refractivity contribution >= 4 is 11.8 Å². The van der Waals surface area contributed by atoms with E-state index < -0.39 is 0 Å². The first-order valence-electron chi connectivity index (χ1n) is 5.28. The summed E-state index contributed by atoms with van der Waals surface area (Å²) in [6.45, 7) is 3.49. The summed E-state index contributed by atoms with van der Waals surface area (Å²) in [5, 5.41) is 4.18. The standard InChI is InChI=1S/C12H17NS/c1-10(11-6-3-2-4-7-11)12-13-8-5-9-14-12/h2-4,6-7,10,12-13H,5,8-9H2,1H3. The molecule has 0 aliphatic carbocycles. The number of benzene rings is 1. The van der Waals surface area contributed by atoms with Crippen LogP contribution in [0.4, 0.5) is 0 Å². The Kier molecular flexibility index (Phi) is 3.49. The average molecular weight is 207 g/mol. The molecule has 1 aliphatic heterocycles. The molecule has 0 radical (unpaired) electrons. The van der Waals surface area contributed by atoms with Crippen LogP contribution in [-0.4, -0.2) is 17.7 Å². The summed E-state index contributed by atoms with van der Waals surface area (Å²) in [6.07, 6.45) is 1.31. The minimum absolute atomic E-state index is 0.603. The van der Waals surface area contributed by atoms with Crippen LogP contribution < -0.4 is 5.32 Å². The highest BCUT2D eigenvalue weighted by Gasteiger charge is 2.20. The molecule has 2 atom stereocenters. The van der Waals surface area contributed by atoms with Crippen LogP contribution in [0.25, 0.3) is 0 Å². The molecule has 1 heterocycles. The lowest BCUT2D eigenvalue weighted by molar-refractivity contribution is 0.556. The van der Waals surface area contributed by atoms with Gasteiger partial charge in [-0.25, -0.2) is 0 Å². The number of nitrogens with one attached hydrogen (secondary N) is 1. The second-order valence-electron chi connectivity index (χ2n) is 3.80. The molecule has 1 fully saturated rings. The van der Waals surface area contributed by atoms with Gasteiger partial charge in [0.25, 0.3) is 0 Å². The molecule has 14 heavy (non-hydrogen) atoms. The topological polar surface area (TPSA) is 12.0 Å². The van der Waals surface area contributed by atoms with E-state index in [-0.39, 0.29) is 0 Å². The Hall–Kier alpha value is -0.470. The van der Waals surface area contributed by atoms with Crippen molar-refractivity contribution in [3.05, 3.63) is 35.9 Å². The third-order valence-corrected chi connectivity index (χ3v) is 4.20. The zero-order valence-electron chi connectivity index (χ0n) is 8.57. The van der Waals surface area contributed by atoms with Gasteiger partial charge < -0.3 is 5.32 Å². The van der Waals surface area contributed by atoms with Crippen LogP contribution in [0.3, 0.4) is 0 Å². The van der Waals surface area contributed by atoms with Gasteiger partial charge in [0.2, 0.25) is 0 Å². The second-order valence-corrected chi connectivity index (χ2v) is 5.05. The lowest BCUT2D eigenvalue weighted by Crippen LogP contribution is -2.35. The Morgan fingerprint density at radius 2 is 2.14 bits per heavy atom. The van der Waals surface area contributed by atoms with Crippen molar-refractivity contribution in [2.24, 2.45) is 0 Å². The van der Waals surface area contributed by atoms with Crippen LogP contribution in [0.2, 0.25) is 0 Å². The Bertz CT molecular complexity index is 267. The molecule has 76 valence electrons. The lowest BCUT2D eigenvalue weighted by atomic mass is 10.0. The van der Waals surface area contributed by atoms with E-state index in [0.29, 0.717) is 11.3 Å². The maximum atomic E-state index is 3.58. The van der Waals surface area contributed by atoms with Crippen molar-refractivity contribution in [1.82, 2.24) is 5.32 Å².